The van der Waals surface area contributed by atoms with Crippen LogP contribution in [0.25, 0.3) is 0 Å². The van der Waals surface area contributed by atoms with Crippen LogP contribution in [0.4, 0.5) is 5.69 Å². The number of carbonyl (C=O) groups excluding carboxylic acids is 1. The van der Waals surface area contributed by atoms with Crippen LogP contribution in [0.1, 0.15) is 20.8 Å². The van der Waals surface area contributed by atoms with Crippen LogP contribution in [0.3, 0.4) is 0 Å². The fourth-order valence-corrected chi connectivity index (χ4v) is 2.21. The lowest BCUT2D eigenvalue weighted by atomic mass is 10.1. The molecule has 3 N–H and O–H groups in total. The van der Waals surface area contributed by atoms with Crippen LogP contribution in [0, 0.1) is 0 Å². The van der Waals surface area contributed by atoms with Crippen molar-refractivity contribution in [1.82, 2.24) is 5.32 Å². The number of rotatable bonds is 4. The Balaban J connectivity index is 2.61. The monoisotopic (exact) mass is 268 g/mol. The average Bonchev–Trinajstić information content (AvgIpc) is 2.24. The van der Waals surface area contributed by atoms with Crippen molar-refractivity contribution in [3.8, 4) is 5.75 Å². The van der Waals surface area contributed by atoms with E-state index in [2.05, 4.69) is 5.32 Å². The van der Waals surface area contributed by atoms with Gasteiger partial charge in [-0.25, -0.2) is 0 Å². The first-order valence-electron chi connectivity index (χ1n) is 5.69. The van der Waals surface area contributed by atoms with Crippen LogP contribution in [0.15, 0.2) is 23.1 Å². The maximum atomic E-state index is 11.7. The summed E-state index contributed by atoms with van der Waals surface area (Å²) in [5, 5.41) is 2.91. The van der Waals surface area contributed by atoms with Gasteiger partial charge in [0.15, 0.2) is 0 Å². The van der Waals surface area contributed by atoms with Crippen LogP contribution in [-0.2, 0) is 4.79 Å². The van der Waals surface area contributed by atoms with E-state index in [1.165, 1.54) is 11.8 Å². The van der Waals surface area contributed by atoms with Crippen LogP contribution in [0.2, 0.25) is 0 Å². The van der Waals surface area contributed by atoms with Gasteiger partial charge in [0.05, 0.1) is 12.9 Å². The van der Waals surface area contributed by atoms with Gasteiger partial charge in [0, 0.05) is 22.2 Å². The first kappa shape index (κ1) is 14.7. The zero-order valence-electron chi connectivity index (χ0n) is 11.2. The van der Waals surface area contributed by atoms with Crippen molar-refractivity contribution >= 4 is 23.4 Å². The molecule has 0 saturated heterocycles. The Kier molecular flexibility index (Phi) is 4.90. The molecular weight excluding hydrogens is 248 g/mol. The molecule has 0 heterocycles. The molecule has 0 unspecified atom stereocenters. The van der Waals surface area contributed by atoms with Crippen molar-refractivity contribution in [2.75, 3.05) is 18.6 Å². The molecule has 5 heteroatoms. The Morgan fingerprint density at radius 1 is 1.44 bits per heavy atom. The molecule has 1 aromatic rings. The van der Waals surface area contributed by atoms with Crippen LogP contribution in [0.5, 0.6) is 5.75 Å². The van der Waals surface area contributed by atoms with Crippen molar-refractivity contribution in [2.24, 2.45) is 0 Å². The molecule has 18 heavy (non-hydrogen) atoms. The number of thioether (sulfide) groups is 1. The summed E-state index contributed by atoms with van der Waals surface area (Å²) < 4.78 is 5.23. The van der Waals surface area contributed by atoms with Crippen LogP contribution < -0.4 is 15.8 Å². The SMILES string of the molecule is COc1cc(N)ccc1SCC(=O)NC(C)(C)C. The van der Waals surface area contributed by atoms with E-state index in [1.54, 1.807) is 19.2 Å². The second-order valence-electron chi connectivity index (χ2n) is 5.00. The fraction of sp³-hybridized carbons (Fsp3) is 0.462. The van der Waals surface area contributed by atoms with E-state index in [9.17, 15) is 4.79 Å². The maximum Gasteiger partial charge on any atom is 0.230 e. The molecule has 0 atom stereocenters. The number of ether oxygens (including phenoxy) is 1. The van der Waals surface area contributed by atoms with Gasteiger partial charge >= 0.3 is 0 Å². The number of benzene rings is 1. The minimum atomic E-state index is -0.206. The first-order valence-corrected chi connectivity index (χ1v) is 6.68. The molecule has 0 bridgehead atoms. The number of hydrogen-bond donors (Lipinski definition) is 2. The highest BCUT2D eigenvalue weighted by molar-refractivity contribution is 8.00. The lowest BCUT2D eigenvalue weighted by molar-refractivity contribution is -0.119. The zero-order valence-corrected chi connectivity index (χ0v) is 12.1. The normalized spacial score (nSPS) is 11.1. The third-order valence-electron chi connectivity index (χ3n) is 2.06. The number of amides is 1. The van der Waals surface area contributed by atoms with Gasteiger partial charge in [-0.3, -0.25) is 4.79 Å². The summed E-state index contributed by atoms with van der Waals surface area (Å²) >= 11 is 1.44. The van der Waals surface area contributed by atoms with Gasteiger partial charge in [0.1, 0.15) is 5.75 Å². The van der Waals surface area contributed by atoms with Gasteiger partial charge in [0.25, 0.3) is 0 Å². The summed E-state index contributed by atoms with van der Waals surface area (Å²) in [5.74, 6) is 1.06. The van der Waals surface area contributed by atoms with E-state index in [0.717, 1.165) is 4.90 Å². The molecule has 0 fully saturated rings. The van der Waals surface area contributed by atoms with Crippen molar-refractivity contribution < 1.29 is 9.53 Å². The number of nitrogens with two attached hydrogens (primary N) is 1. The van der Waals surface area contributed by atoms with Gasteiger partial charge in [-0.1, -0.05) is 0 Å². The highest BCUT2D eigenvalue weighted by Crippen LogP contribution is 2.30. The smallest absolute Gasteiger partial charge is 0.230 e. The van der Waals surface area contributed by atoms with Gasteiger partial charge in [-0.2, -0.15) is 0 Å². The molecule has 1 aromatic carbocycles. The van der Waals surface area contributed by atoms with Gasteiger partial charge in [0.2, 0.25) is 5.91 Å². The van der Waals surface area contributed by atoms with Gasteiger partial charge in [-0.15, -0.1) is 11.8 Å². The summed E-state index contributed by atoms with van der Waals surface area (Å²) in [7, 11) is 1.59. The Morgan fingerprint density at radius 3 is 2.67 bits per heavy atom. The summed E-state index contributed by atoms with van der Waals surface area (Å²) in [6.45, 7) is 5.87. The summed E-state index contributed by atoms with van der Waals surface area (Å²) in [6, 6.07) is 5.42. The molecule has 0 spiro atoms. The van der Waals surface area contributed by atoms with Crippen molar-refractivity contribution in [2.45, 2.75) is 31.2 Å². The molecule has 1 rings (SSSR count). The lowest BCUT2D eigenvalue weighted by Gasteiger charge is -2.20. The molecule has 0 saturated carbocycles. The molecule has 1 amide bonds. The standard InChI is InChI=1S/C13H20N2O2S/c1-13(2,3)15-12(16)8-18-11-6-5-9(14)7-10(11)17-4/h5-7H,8,14H2,1-4H3,(H,15,16). The molecule has 0 aromatic heterocycles. The number of anilines is 1. The fourth-order valence-electron chi connectivity index (χ4n) is 1.40. The van der Waals surface area contributed by atoms with E-state index >= 15 is 0 Å². The second-order valence-corrected chi connectivity index (χ2v) is 6.01. The Hall–Kier alpha value is -1.36. The second kappa shape index (κ2) is 6.00. The predicted molar refractivity (Wildman–Crippen MR) is 76.0 cm³/mol. The Labute approximate surface area is 112 Å². The van der Waals surface area contributed by atoms with Crippen LogP contribution >= 0.6 is 11.8 Å². The molecular formula is C13H20N2O2S. The van der Waals surface area contributed by atoms with Gasteiger partial charge in [-0.05, 0) is 32.9 Å². The largest absolute Gasteiger partial charge is 0.496 e. The van der Waals surface area contributed by atoms with Crippen molar-refractivity contribution in [3.63, 3.8) is 0 Å². The zero-order chi connectivity index (χ0) is 13.8. The van der Waals surface area contributed by atoms with E-state index in [1.807, 2.05) is 26.8 Å². The third kappa shape index (κ3) is 4.87. The molecule has 0 aliphatic rings. The lowest BCUT2D eigenvalue weighted by Crippen LogP contribution is -2.41. The quantitative estimate of drug-likeness (QED) is 0.649. The highest BCUT2D eigenvalue weighted by Gasteiger charge is 2.14. The number of hydrogen-bond acceptors (Lipinski definition) is 4. The minimum Gasteiger partial charge on any atom is -0.496 e. The molecule has 4 nitrogen and oxygen atoms in total. The highest BCUT2D eigenvalue weighted by atomic mass is 32.2. The van der Waals surface area contributed by atoms with Gasteiger partial charge < -0.3 is 15.8 Å². The Morgan fingerprint density at radius 2 is 2.11 bits per heavy atom. The number of carbonyl (C=O) groups is 1. The van der Waals surface area contributed by atoms with E-state index in [0.29, 0.717) is 17.2 Å². The van der Waals surface area contributed by atoms with Crippen molar-refractivity contribution in [1.29, 1.82) is 0 Å². The molecule has 0 aliphatic carbocycles. The topological polar surface area (TPSA) is 64.3 Å². The van der Waals surface area contributed by atoms with Crippen LogP contribution in [-0.4, -0.2) is 24.3 Å². The average molecular weight is 268 g/mol. The molecule has 100 valence electrons. The maximum absolute atomic E-state index is 11.7. The first-order chi connectivity index (χ1) is 8.31. The number of methoxy groups -OCH3 is 1. The van der Waals surface area contributed by atoms with E-state index < -0.39 is 0 Å². The number of nitrogen functional groups attached to an aromatic ring is 1. The third-order valence-corrected chi connectivity index (χ3v) is 3.12. The molecule has 0 aliphatic heterocycles. The summed E-state index contributed by atoms with van der Waals surface area (Å²) in [4.78, 5) is 12.6. The predicted octanol–water partition coefficient (Wildman–Crippen LogP) is 2.28. The Bertz CT molecular complexity index is 427. The number of nitrogens with one attached hydrogen (secondary N) is 1. The molecule has 0 radical (unpaired) electrons. The minimum absolute atomic E-state index is 0.00591. The van der Waals surface area contributed by atoms with E-state index in [4.69, 9.17) is 10.5 Å². The summed E-state index contributed by atoms with van der Waals surface area (Å²) in [5.41, 5.74) is 6.12. The van der Waals surface area contributed by atoms with E-state index in [-0.39, 0.29) is 11.4 Å². The van der Waals surface area contributed by atoms with Crippen molar-refractivity contribution in [3.05, 3.63) is 18.2 Å². The summed E-state index contributed by atoms with van der Waals surface area (Å²) in [6.07, 6.45) is 0.